The normalized spacial score (nSPS) is 13.3. The average molecular weight is 312 g/mol. The van der Waals surface area contributed by atoms with Gasteiger partial charge in [0, 0.05) is 12.5 Å². The first-order chi connectivity index (χ1) is 8.30. The molecule has 0 aliphatic carbocycles. The first-order valence-electron chi connectivity index (χ1n) is 5.68. The maximum Gasteiger partial charge on any atom is 0.147 e. The molecule has 0 spiro atoms. The van der Waals surface area contributed by atoms with Crippen LogP contribution in [0.3, 0.4) is 0 Å². The predicted molar refractivity (Wildman–Crippen MR) is 72.5 cm³/mol. The molecule has 0 amide bonds. The molecule has 0 heterocycles. The van der Waals surface area contributed by atoms with Crippen molar-refractivity contribution in [2.45, 2.75) is 26.7 Å². The number of ketones is 2. The lowest BCUT2D eigenvalue weighted by atomic mass is 9.75. The Morgan fingerprint density at radius 1 is 0.789 bits per heavy atom. The van der Waals surface area contributed by atoms with Gasteiger partial charge in [0.15, 0.2) is 0 Å². The van der Waals surface area contributed by atoms with Crippen LogP contribution in [-0.4, -0.2) is 52.4 Å². The van der Waals surface area contributed by atoms with E-state index in [0.717, 1.165) is 12.5 Å². The zero-order valence-electron chi connectivity index (χ0n) is 11.6. The summed E-state index contributed by atoms with van der Waals surface area (Å²) in [6.07, 6.45) is 1.67. The molecule has 112 valence electrons. The molecule has 6 nitrogen and oxygen atoms in total. The monoisotopic (exact) mass is 312 g/mol. The summed E-state index contributed by atoms with van der Waals surface area (Å²) >= 11 is 0. The highest BCUT2D eigenvalue weighted by Crippen LogP contribution is 2.30. The molecule has 0 saturated heterocycles. The van der Waals surface area contributed by atoms with Crippen LogP contribution in [0.25, 0.3) is 0 Å². The van der Waals surface area contributed by atoms with Crippen molar-refractivity contribution in [3.63, 3.8) is 0 Å². The van der Waals surface area contributed by atoms with Gasteiger partial charge in [-0.15, -0.1) is 0 Å². The van der Waals surface area contributed by atoms with E-state index < -0.39 is 36.7 Å². The summed E-state index contributed by atoms with van der Waals surface area (Å²) in [6, 6.07) is 0. The van der Waals surface area contributed by atoms with Gasteiger partial charge in [-0.2, -0.15) is 0 Å². The highest BCUT2D eigenvalue weighted by molar-refractivity contribution is 7.90. The summed E-state index contributed by atoms with van der Waals surface area (Å²) in [5, 5.41) is 0. The quantitative estimate of drug-likeness (QED) is 0.585. The summed E-state index contributed by atoms with van der Waals surface area (Å²) in [5.41, 5.74) is -1.52. The van der Waals surface area contributed by atoms with E-state index >= 15 is 0 Å². The van der Waals surface area contributed by atoms with Crippen molar-refractivity contribution in [3.8, 4) is 0 Å². The minimum absolute atomic E-state index is 0.175. The number of rotatable bonds is 8. The smallest absolute Gasteiger partial charge is 0.147 e. The maximum atomic E-state index is 11.7. The van der Waals surface area contributed by atoms with Crippen molar-refractivity contribution >= 4 is 31.2 Å². The molecule has 0 atom stereocenters. The molecule has 0 aromatic rings. The second kappa shape index (κ2) is 6.13. The van der Waals surface area contributed by atoms with Gasteiger partial charge >= 0.3 is 0 Å². The van der Waals surface area contributed by atoms with Gasteiger partial charge in [0.1, 0.15) is 31.2 Å². The van der Waals surface area contributed by atoms with Gasteiger partial charge in [-0.1, -0.05) is 0 Å². The number of carbonyl (C=O) groups is 2. The molecular formula is C11H20O6S2. The van der Waals surface area contributed by atoms with Crippen molar-refractivity contribution in [2.24, 2.45) is 5.41 Å². The Morgan fingerprint density at radius 2 is 1.05 bits per heavy atom. The second-order valence-corrected chi connectivity index (χ2v) is 9.47. The molecule has 0 aromatic carbocycles. The Kier molecular flexibility index (Phi) is 5.88. The molecule has 0 aliphatic rings. The Balaban J connectivity index is 5.33. The molecule has 19 heavy (non-hydrogen) atoms. The number of sulfone groups is 2. The lowest BCUT2D eigenvalue weighted by Gasteiger charge is -2.28. The third-order valence-corrected chi connectivity index (χ3v) is 5.04. The molecule has 0 fully saturated rings. The molecule has 8 heteroatoms. The molecule has 0 radical (unpaired) electrons. The van der Waals surface area contributed by atoms with E-state index in [4.69, 9.17) is 0 Å². The van der Waals surface area contributed by atoms with E-state index in [9.17, 15) is 26.4 Å². The van der Waals surface area contributed by atoms with Crippen LogP contribution in [-0.2, 0) is 29.3 Å². The molecule has 0 N–H and O–H groups in total. The van der Waals surface area contributed by atoms with Gasteiger partial charge in [-0.05, 0) is 26.7 Å². The minimum atomic E-state index is -3.33. The van der Waals surface area contributed by atoms with Crippen LogP contribution < -0.4 is 0 Å². The van der Waals surface area contributed by atoms with Gasteiger partial charge in [0.25, 0.3) is 0 Å². The molecule has 0 rings (SSSR count). The summed E-state index contributed by atoms with van der Waals surface area (Å²) < 4.78 is 44.7. The van der Waals surface area contributed by atoms with Gasteiger partial charge in [0.05, 0.1) is 16.9 Å². The van der Waals surface area contributed by atoms with Crippen molar-refractivity contribution in [1.29, 1.82) is 0 Å². The largest absolute Gasteiger partial charge is 0.299 e. The van der Waals surface area contributed by atoms with Crippen molar-refractivity contribution < 1.29 is 26.4 Å². The molecule has 0 unspecified atom stereocenters. The van der Waals surface area contributed by atoms with Crippen LogP contribution in [0.5, 0.6) is 0 Å². The van der Waals surface area contributed by atoms with E-state index in [0.29, 0.717) is 0 Å². The third-order valence-electron chi connectivity index (χ3n) is 3.15. The van der Waals surface area contributed by atoms with Gasteiger partial charge < -0.3 is 0 Å². The Hall–Kier alpha value is -0.760. The molecule has 0 aliphatic heterocycles. The van der Waals surface area contributed by atoms with Gasteiger partial charge in [-0.3, -0.25) is 9.59 Å². The predicted octanol–water partition coefficient (Wildman–Crippen LogP) is 0.0202. The average Bonchev–Trinajstić information content (AvgIpc) is 2.13. The summed E-state index contributed by atoms with van der Waals surface area (Å²) in [7, 11) is -6.66. The Morgan fingerprint density at radius 3 is 1.21 bits per heavy atom. The van der Waals surface area contributed by atoms with Crippen LogP contribution in [0.4, 0.5) is 0 Å². The van der Waals surface area contributed by atoms with Crippen LogP contribution in [0, 0.1) is 5.41 Å². The van der Waals surface area contributed by atoms with Crippen LogP contribution in [0.15, 0.2) is 0 Å². The van der Waals surface area contributed by atoms with Crippen molar-refractivity contribution in [1.82, 2.24) is 0 Å². The van der Waals surface area contributed by atoms with E-state index in [1.54, 1.807) is 0 Å². The molecule has 0 saturated carbocycles. The van der Waals surface area contributed by atoms with Crippen LogP contribution >= 0.6 is 0 Å². The Labute approximate surface area is 114 Å². The SMILES string of the molecule is CC(=O)C(CCS(C)(=O)=O)(CCS(C)(=O)=O)C(C)=O. The fraction of sp³-hybridized carbons (Fsp3) is 0.818. The first-order valence-corrected chi connectivity index (χ1v) is 9.80. The number of Topliss-reactive ketones (excluding diaryl/α,β-unsaturated/α-hetero) is 2. The van der Waals surface area contributed by atoms with Crippen molar-refractivity contribution in [3.05, 3.63) is 0 Å². The molecular weight excluding hydrogens is 292 g/mol. The maximum absolute atomic E-state index is 11.7. The van der Waals surface area contributed by atoms with E-state index in [1.165, 1.54) is 13.8 Å². The number of hydrogen-bond donors (Lipinski definition) is 0. The summed E-state index contributed by atoms with van der Waals surface area (Å²) in [4.78, 5) is 23.5. The van der Waals surface area contributed by atoms with Crippen molar-refractivity contribution in [2.75, 3.05) is 24.0 Å². The number of hydrogen-bond acceptors (Lipinski definition) is 6. The highest BCUT2D eigenvalue weighted by Gasteiger charge is 2.41. The van der Waals surface area contributed by atoms with E-state index in [2.05, 4.69) is 0 Å². The van der Waals surface area contributed by atoms with E-state index in [1.807, 2.05) is 0 Å². The zero-order chi connectivity index (χ0) is 15.5. The lowest BCUT2D eigenvalue weighted by Crippen LogP contribution is -2.40. The highest BCUT2D eigenvalue weighted by atomic mass is 32.2. The summed E-state index contributed by atoms with van der Waals surface area (Å²) in [5.74, 6) is -1.63. The second-order valence-electron chi connectivity index (χ2n) is 4.95. The number of carbonyl (C=O) groups excluding carboxylic acids is 2. The summed E-state index contributed by atoms with van der Waals surface area (Å²) in [6.45, 7) is 2.37. The van der Waals surface area contributed by atoms with Crippen LogP contribution in [0.2, 0.25) is 0 Å². The lowest BCUT2D eigenvalue weighted by molar-refractivity contribution is -0.138. The molecule has 0 aromatic heterocycles. The first kappa shape index (κ1) is 18.2. The minimum Gasteiger partial charge on any atom is -0.299 e. The fourth-order valence-corrected chi connectivity index (χ4v) is 3.23. The molecule has 0 bridgehead atoms. The third kappa shape index (κ3) is 6.29. The van der Waals surface area contributed by atoms with Gasteiger partial charge in [0.2, 0.25) is 0 Å². The Bertz CT molecular complexity index is 504. The van der Waals surface area contributed by atoms with Crippen LogP contribution in [0.1, 0.15) is 26.7 Å². The zero-order valence-corrected chi connectivity index (χ0v) is 13.2. The van der Waals surface area contributed by atoms with Gasteiger partial charge in [-0.25, -0.2) is 16.8 Å². The fourth-order valence-electron chi connectivity index (χ4n) is 1.80. The topological polar surface area (TPSA) is 102 Å². The van der Waals surface area contributed by atoms with E-state index in [-0.39, 0.29) is 24.3 Å². The standard InChI is InChI=1S/C11H20O6S2/c1-9(12)11(10(2)13,5-7-18(3,14)15)6-8-19(4,16)17/h5-8H2,1-4H3.